The van der Waals surface area contributed by atoms with Crippen molar-refractivity contribution in [1.82, 2.24) is 4.98 Å². The second-order valence-electron chi connectivity index (χ2n) is 3.57. The molecule has 15 heavy (non-hydrogen) atoms. The SMILES string of the molecule is Cc1cc(=S)c2cc3c(cc2[nH]1)OCO3. The van der Waals surface area contributed by atoms with E-state index in [1.165, 1.54) is 0 Å². The summed E-state index contributed by atoms with van der Waals surface area (Å²) in [6.45, 7) is 2.28. The minimum Gasteiger partial charge on any atom is -0.454 e. The van der Waals surface area contributed by atoms with Crippen LogP contribution in [0.3, 0.4) is 0 Å². The Morgan fingerprint density at radius 2 is 1.93 bits per heavy atom. The van der Waals surface area contributed by atoms with Crippen LogP contribution in [0, 0.1) is 11.4 Å². The number of rotatable bonds is 0. The van der Waals surface area contributed by atoms with Crippen molar-refractivity contribution in [1.29, 1.82) is 0 Å². The molecule has 3 nitrogen and oxygen atoms in total. The van der Waals surface area contributed by atoms with Crippen LogP contribution in [0.5, 0.6) is 11.5 Å². The molecular formula is C11H9NO2S. The summed E-state index contributed by atoms with van der Waals surface area (Å²) in [4.78, 5) is 3.26. The molecule has 76 valence electrons. The Bertz CT molecular complexity index is 603. The lowest BCUT2D eigenvalue weighted by molar-refractivity contribution is 0.174. The van der Waals surface area contributed by atoms with Crippen LogP contribution < -0.4 is 9.47 Å². The first-order valence-electron chi connectivity index (χ1n) is 4.67. The van der Waals surface area contributed by atoms with Gasteiger partial charge in [0.05, 0.1) is 5.52 Å². The summed E-state index contributed by atoms with van der Waals surface area (Å²) in [5.74, 6) is 1.55. The highest BCUT2D eigenvalue weighted by Gasteiger charge is 2.14. The molecule has 2 aromatic rings. The molecule has 0 aliphatic carbocycles. The molecule has 2 heterocycles. The molecule has 1 N–H and O–H groups in total. The van der Waals surface area contributed by atoms with Gasteiger partial charge in [0.15, 0.2) is 11.5 Å². The van der Waals surface area contributed by atoms with Gasteiger partial charge in [-0.2, -0.15) is 0 Å². The van der Waals surface area contributed by atoms with E-state index in [-0.39, 0.29) is 6.79 Å². The van der Waals surface area contributed by atoms with Crippen molar-refractivity contribution in [3.8, 4) is 11.5 Å². The minimum absolute atomic E-state index is 0.289. The van der Waals surface area contributed by atoms with Gasteiger partial charge < -0.3 is 14.5 Å². The number of nitrogens with one attached hydrogen (secondary N) is 1. The standard InChI is InChI=1S/C11H9NO2S/c1-6-2-11(15)7-3-9-10(14-5-13-9)4-8(7)12-6/h2-4H,5H2,1H3,(H,12,15). The fourth-order valence-electron chi connectivity index (χ4n) is 1.77. The van der Waals surface area contributed by atoms with E-state index < -0.39 is 0 Å². The summed E-state index contributed by atoms with van der Waals surface area (Å²) in [7, 11) is 0. The topological polar surface area (TPSA) is 34.2 Å². The average molecular weight is 219 g/mol. The highest BCUT2D eigenvalue weighted by atomic mass is 32.1. The normalized spacial score (nSPS) is 13.4. The van der Waals surface area contributed by atoms with Crippen LogP contribution in [-0.2, 0) is 0 Å². The maximum atomic E-state index is 5.31. The molecule has 0 bridgehead atoms. The minimum atomic E-state index is 0.289. The Morgan fingerprint density at radius 1 is 1.20 bits per heavy atom. The summed E-state index contributed by atoms with van der Waals surface area (Å²) in [5, 5.41) is 1.000. The van der Waals surface area contributed by atoms with Crippen LogP contribution in [0.2, 0.25) is 0 Å². The number of aromatic amines is 1. The van der Waals surface area contributed by atoms with E-state index in [0.29, 0.717) is 0 Å². The number of hydrogen-bond acceptors (Lipinski definition) is 3. The second kappa shape index (κ2) is 2.97. The van der Waals surface area contributed by atoms with Gasteiger partial charge >= 0.3 is 0 Å². The Hall–Kier alpha value is -1.55. The van der Waals surface area contributed by atoms with Crippen LogP contribution >= 0.6 is 12.2 Å². The van der Waals surface area contributed by atoms with Gasteiger partial charge in [-0.25, -0.2) is 0 Å². The number of benzene rings is 1. The summed E-state index contributed by atoms with van der Waals surface area (Å²) in [6.07, 6.45) is 0. The molecule has 0 saturated carbocycles. The van der Waals surface area contributed by atoms with E-state index in [1.54, 1.807) is 0 Å². The van der Waals surface area contributed by atoms with Crippen molar-refractivity contribution < 1.29 is 9.47 Å². The van der Waals surface area contributed by atoms with E-state index in [2.05, 4.69) is 4.98 Å². The maximum Gasteiger partial charge on any atom is 0.231 e. The summed E-state index contributed by atoms with van der Waals surface area (Å²) in [6, 6.07) is 5.80. The van der Waals surface area contributed by atoms with Crippen molar-refractivity contribution in [2.24, 2.45) is 0 Å². The third kappa shape index (κ3) is 1.29. The van der Waals surface area contributed by atoms with Crippen molar-refractivity contribution in [2.75, 3.05) is 6.79 Å². The lowest BCUT2D eigenvalue weighted by Crippen LogP contribution is -1.92. The molecule has 0 radical (unpaired) electrons. The van der Waals surface area contributed by atoms with Gasteiger partial charge in [0.25, 0.3) is 0 Å². The average Bonchev–Trinajstić information content (AvgIpc) is 2.61. The number of aromatic nitrogens is 1. The van der Waals surface area contributed by atoms with Crippen LogP contribution in [0.15, 0.2) is 18.2 Å². The zero-order valence-corrected chi connectivity index (χ0v) is 8.98. The van der Waals surface area contributed by atoms with Gasteiger partial charge in [0, 0.05) is 21.7 Å². The Balaban J connectivity index is 2.43. The van der Waals surface area contributed by atoms with E-state index in [1.807, 2.05) is 25.1 Å². The number of ether oxygens (including phenoxy) is 2. The summed E-state index contributed by atoms with van der Waals surface area (Å²) >= 11 is 5.30. The Kier molecular flexibility index (Phi) is 1.73. The molecule has 0 spiro atoms. The summed E-state index contributed by atoms with van der Waals surface area (Å²) < 4.78 is 11.5. The first-order chi connectivity index (χ1) is 7.24. The first-order valence-corrected chi connectivity index (χ1v) is 5.08. The van der Waals surface area contributed by atoms with E-state index in [0.717, 1.165) is 32.6 Å². The van der Waals surface area contributed by atoms with Gasteiger partial charge in [0.1, 0.15) is 0 Å². The molecule has 1 aromatic carbocycles. The third-order valence-electron chi connectivity index (χ3n) is 2.46. The van der Waals surface area contributed by atoms with E-state index in [9.17, 15) is 0 Å². The quantitative estimate of drug-likeness (QED) is 0.692. The van der Waals surface area contributed by atoms with Crippen molar-refractivity contribution in [2.45, 2.75) is 6.92 Å². The van der Waals surface area contributed by atoms with Crippen LogP contribution in [0.25, 0.3) is 10.9 Å². The smallest absolute Gasteiger partial charge is 0.231 e. The van der Waals surface area contributed by atoms with Gasteiger partial charge in [-0.3, -0.25) is 0 Å². The monoisotopic (exact) mass is 219 g/mol. The van der Waals surface area contributed by atoms with Gasteiger partial charge in [0.2, 0.25) is 6.79 Å². The molecule has 0 atom stereocenters. The van der Waals surface area contributed by atoms with Gasteiger partial charge in [-0.05, 0) is 19.1 Å². The fraction of sp³-hybridized carbons (Fsp3) is 0.182. The molecule has 0 amide bonds. The van der Waals surface area contributed by atoms with Crippen molar-refractivity contribution in [3.63, 3.8) is 0 Å². The van der Waals surface area contributed by atoms with Crippen molar-refractivity contribution >= 4 is 23.1 Å². The van der Waals surface area contributed by atoms with Gasteiger partial charge in [-0.1, -0.05) is 12.2 Å². The van der Waals surface area contributed by atoms with Crippen LogP contribution in [0.4, 0.5) is 0 Å². The van der Waals surface area contributed by atoms with Gasteiger partial charge in [-0.15, -0.1) is 0 Å². The van der Waals surface area contributed by atoms with Crippen molar-refractivity contribution in [3.05, 3.63) is 28.4 Å². The Morgan fingerprint density at radius 3 is 2.73 bits per heavy atom. The molecule has 4 heteroatoms. The zero-order chi connectivity index (χ0) is 10.4. The van der Waals surface area contributed by atoms with Crippen LogP contribution in [-0.4, -0.2) is 11.8 Å². The highest BCUT2D eigenvalue weighted by molar-refractivity contribution is 7.71. The lowest BCUT2D eigenvalue weighted by Gasteiger charge is -2.03. The number of pyridine rings is 1. The fourth-order valence-corrected chi connectivity index (χ4v) is 2.12. The molecule has 3 rings (SSSR count). The second-order valence-corrected chi connectivity index (χ2v) is 4.01. The number of hydrogen-bond donors (Lipinski definition) is 1. The number of aryl methyl sites for hydroxylation is 1. The van der Waals surface area contributed by atoms with E-state index >= 15 is 0 Å². The molecule has 0 unspecified atom stereocenters. The van der Waals surface area contributed by atoms with Crippen LogP contribution in [0.1, 0.15) is 5.69 Å². The van der Waals surface area contributed by atoms with E-state index in [4.69, 9.17) is 21.7 Å². The molecular weight excluding hydrogens is 210 g/mol. The number of fused-ring (bicyclic) bond motifs is 2. The highest BCUT2D eigenvalue weighted by Crippen LogP contribution is 2.35. The largest absolute Gasteiger partial charge is 0.454 e. The number of H-pyrrole nitrogens is 1. The zero-order valence-electron chi connectivity index (χ0n) is 8.16. The predicted molar refractivity (Wildman–Crippen MR) is 60.0 cm³/mol. The lowest BCUT2D eigenvalue weighted by atomic mass is 10.2. The third-order valence-corrected chi connectivity index (χ3v) is 2.80. The predicted octanol–water partition coefficient (Wildman–Crippen LogP) is 2.93. The molecule has 0 fully saturated rings. The maximum absolute atomic E-state index is 5.31. The molecule has 1 aromatic heterocycles. The molecule has 0 saturated heterocycles. The summed E-state index contributed by atoms with van der Waals surface area (Å²) in [5.41, 5.74) is 2.04. The Labute approximate surface area is 91.6 Å². The molecule has 1 aliphatic rings. The first kappa shape index (κ1) is 8.73. The molecule has 1 aliphatic heterocycles.